The first-order valence-electron chi connectivity index (χ1n) is 11.9. The molecule has 4 aromatic rings. The lowest BCUT2D eigenvalue weighted by molar-refractivity contribution is 0.138. The Hall–Kier alpha value is -3.26. The molecule has 3 heterocycles. The van der Waals surface area contributed by atoms with E-state index >= 15 is 0 Å². The van der Waals surface area contributed by atoms with Crippen LogP contribution in [0.15, 0.2) is 45.8 Å². The lowest BCUT2D eigenvalue weighted by Crippen LogP contribution is -2.35. The molecule has 8 heteroatoms. The summed E-state index contributed by atoms with van der Waals surface area (Å²) in [7, 11) is 0. The highest BCUT2D eigenvalue weighted by molar-refractivity contribution is 5.82. The quantitative estimate of drug-likeness (QED) is 0.395. The molecule has 0 bridgehead atoms. The average Bonchev–Trinajstić information content (AvgIpc) is 3.44. The summed E-state index contributed by atoms with van der Waals surface area (Å²) >= 11 is 0. The number of H-pyrrole nitrogens is 1. The summed E-state index contributed by atoms with van der Waals surface area (Å²) < 4.78 is 7.58. The van der Waals surface area contributed by atoms with Gasteiger partial charge in [0.15, 0.2) is 5.82 Å². The van der Waals surface area contributed by atoms with Gasteiger partial charge in [0.25, 0.3) is 5.56 Å². The van der Waals surface area contributed by atoms with Gasteiger partial charge < -0.3 is 9.40 Å². The molecule has 0 saturated carbocycles. The van der Waals surface area contributed by atoms with E-state index < -0.39 is 0 Å². The fourth-order valence-corrected chi connectivity index (χ4v) is 4.58. The maximum atomic E-state index is 13.2. The monoisotopic (exact) mass is 462 g/mol. The van der Waals surface area contributed by atoms with E-state index in [0.29, 0.717) is 18.7 Å². The summed E-state index contributed by atoms with van der Waals surface area (Å²) in [6.45, 7) is 13.5. The number of aromatic nitrogens is 5. The number of rotatable bonds is 8. The van der Waals surface area contributed by atoms with E-state index in [1.807, 2.05) is 29.8 Å². The van der Waals surface area contributed by atoms with Crippen LogP contribution >= 0.6 is 0 Å². The van der Waals surface area contributed by atoms with Crippen molar-refractivity contribution >= 4 is 10.9 Å². The lowest BCUT2D eigenvalue weighted by Gasteiger charge is -2.32. The van der Waals surface area contributed by atoms with Crippen LogP contribution in [0.1, 0.15) is 74.9 Å². The minimum Gasteiger partial charge on any atom is -0.468 e. The fraction of sp³-hybridized carbons (Fsp3) is 0.462. The van der Waals surface area contributed by atoms with Crippen LogP contribution in [0.2, 0.25) is 0 Å². The molecule has 4 rings (SSSR count). The highest BCUT2D eigenvalue weighted by Gasteiger charge is 2.30. The number of benzene rings is 1. The van der Waals surface area contributed by atoms with Crippen molar-refractivity contribution in [2.75, 3.05) is 0 Å². The third-order valence-corrected chi connectivity index (χ3v) is 6.11. The molecule has 0 fully saturated rings. The van der Waals surface area contributed by atoms with Crippen LogP contribution in [0.4, 0.5) is 0 Å². The lowest BCUT2D eigenvalue weighted by atomic mass is 10.0. The van der Waals surface area contributed by atoms with E-state index in [1.165, 1.54) is 5.56 Å². The number of furan rings is 1. The van der Waals surface area contributed by atoms with Crippen LogP contribution < -0.4 is 5.56 Å². The molecule has 1 N–H and O–H groups in total. The van der Waals surface area contributed by atoms with Crippen LogP contribution in [0, 0.1) is 13.8 Å². The van der Waals surface area contributed by atoms with E-state index in [9.17, 15) is 4.79 Å². The highest BCUT2D eigenvalue weighted by Crippen LogP contribution is 2.30. The number of pyridine rings is 1. The van der Waals surface area contributed by atoms with Crippen molar-refractivity contribution in [2.24, 2.45) is 0 Å². The van der Waals surface area contributed by atoms with Gasteiger partial charge in [-0.05, 0) is 86.7 Å². The van der Waals surface area contributed by atoms with Gasteiger partial charge in [-0.3, -0.25) is 9.69 Å². The smallest absolute Gasteiger partial charge is 0.252 e. The second kappa shape index (κ2) is 9.54. The van der Waals surface area contributed by atoms with E-state index in [2.05, 4.69) is 72.2 Å². The second-order valence-corrected chi connectivity index (χ2v) is 10.1. The number of fused-ring (bicyclic) bond motifs is 1. The third-order valence-electron chi connectivity index (χ3n) is 6.11. The molecule has 0 aliphatic heterocycles. The number of nitrogens with zero attached hydrogens (tertiary/aromatic N) is 5. The maximum absolute atomic E-state index is 13.2. The number of nitrogens with one attached hydrogen (secondary N) is 1. The zero-order valence-corrected chi connectivity index (χ0v) is 20.9. The van der Waals surface area contributed by atoms with Gasteiger partial charge in [-0.1, -0.05) is 25.0 Å². The zero-order chi connectivity index (χ0) is 24.5. The molecule has 8 nitrogen and oxygen atoms in total. The Morgan fingerprint density at radius 3 is 2.65 bits per heavy atom. The zero-order valence-electron chi connectivity index (χ0n) is 20.9. The first-order chi connectivity index (χ1) is 16.2. The number of tetrazole rings is 1. The van der Waals surface area contributed by atoms with Crippen molar-refractivity contribution in [1.82, 2.24) is 30.1 Å². The van der Waals surface area contributed by atoms with E-state index in [-0.39, 0.29) is 17.1 Å². The SMILES string of the molecule is CCCC(c1nnnn1C(C)(C)C)N(Cc1ccco1)Cc1cc2cc(C)cc(C)c2[nH]c1=O. The molecule has 0 aliphatic rings. The van der Waals surface area contributed by atoms with Crippen LogP contribution in [0.25, 0.3) is 10.9 Å². The summed E-state index contributed by atoms with van der Waals surface area (Å²) in [6.07, 6.45) is 3.47. The van der Waals surface area contributed by atoms with Crippen molar-refractivity contribution in [3.8, 4) is 0 Å². The largest absolute Gasteiger partial charge is 0.468 e. The molecule has 0 spiro atoms. The summed E-state index contributed by atoms with van der Waals surface area (Å²) in [5.74, 6) is 1.63. The molecule has 0 aliphatic carbocycles. The number of hydrogen-bond acceptors (Lipinski definition) is 6. The molecule has 3 aromatic heterocycles. The Morgan fingerprint density at radius 1 is 1.18 bits per heavy atom. The van der Waals surface area contributed by atoms with Crippen molar-refractivity contribution in [2.45, 2.75) is 79.1 Å². The van der Waals surface area contributed by atoms with Gasteiger partial charge in [0, 0.05) is 12.1 Å². The molecule has 1 atom stereocenters. The van der Waals surface area contributed by atoms with Crippen molar-refractivity contribution in [3.05, 3.63) is 75.2 Å². The van der Waals surface area contributed by atoms with Gasteiger partial charge in [0.2, 0.25) is 0 Å². The highest BCUT2D eigenvalue weighted by atomic mass is 16.3. The van der Waals surface area contributed by atoms with Gasteiger partial charge in [-0.15, -0.1) is 5.10 Å². The molecular weight excluding hydrogens is 428 g/mol. The average molecular weight is 463 g/mol. The van der Waals surface area contributed by atoms with Gasteiger partial charge in [-0.2, -0.15) is 0 Å². The first-order valence-corrected chi connectivity index (χ1v) is 11.9. The van der Waals surface area contributed by atoms with Crippen LogP contribution in [-0.2, 0) is 18.6 Å². The Kier molecular flexibility index (Phi) is 6.70. The fourth-order valence-electron chi connectivity index (χ4n) is 4.58. The third kappa shape index (κ3) is 4.97. The van der Waals surface area contributed by atoms with Crippen molar-refractivity contribution in [3.63, 3.8) is 0 Å². The Bertz CT molecular complexity index is 1310. The normalized spacial score (nSPS) is 13.1. The molecule has 0 saturated heterocycles. The topological polar surface area (TPSA) is 92.8 Å². The molecule has 0 amide bonds. The van der Waals surface area contributed by atoms with Crippen LogP contribution in [-0.4, -0.2) is 30.1 Å². The van der Waals surface area contributed by atoms with Gasteiger partial charge >= 0.3 is 0 Å². The summed E-state index contributed by atoms with van der Waals surface area (Å²) in [6, 6.07) is 9.97. The van der Waals surface area contributed by atoms with Gasteiger partial charge in [-0.25, -0.2) is 4.68 Å². The molecule has 34 heavy (non-hydrogen) atoms. The minimum absolute atomic E-state index is 0.0745. The van der Waals surface area contributed by atoms with Crippen molar-refractivity contribution in [1.29, 1.82) is 0 Å². The molecular formula is C26H34N6O2. The van der Waals surface area contributed by atoms with Gasteiger partial charge in [0.05, 0.1) is 29.9 Å². The minimum atomic E-state index is -0.267. The number of hydrogen-bond donors (Lipinski definition) is 1. The predicted octanol–water partition coefficient (Wildman–Crippen LogP) is 5.02. The Morgan fingerprint density at radius 2 is 1.97 bits per heavy atom. The predicted molar refractivity (Wildman–Crippen MR) is 132 cm³/mol. The standard InChI is InChI=1S/C26H34N6O2/c1-7-9-22(24-28-29-30-32(24)26(4,5)6)31(16-21-10-8-11-34-21)15-20-14-19-13-17(2)12-18(3)23(19)27-25(20)33/h8,10-14,22H,7,9,15-16H2,1-6H3,(H,27,33). The Labute approximate surface area is 200 Å². The molecule has 1 aromatic carbocycles. The number of aryl methyl sites for hydroxylation is 2. The van der Waals surface area contributed by atoms with E-state index in [1.54, 1.807) is 6.26 Å². The van der Waals surface area contributed by atoms with Gasteiger partial charge in [0.1, 0.15) is 5.76 Å². The summed E-state index contributed by atoms with van der Waals surface area (Å²) in [4.78, 5) is 18.5. The number of aromatic amines is 1. The summed E-state index contributed by atoms with van der Waals surface area (Å²) in [5.41, 5.74) is 3.49. The van der Waals surface area contributed by atoms with Crippen molar-refractivity contribution < 1.29 is 4.42 Å². The van der Waals surface area contributed by atoms with Crippen LogP contribution in [0.3, 0.4) is 0 Å². The Balaban J connectivity index is 1.79. The van der Waals surface area contributed by atoms with Crippen LogP contribution in [0.5, 0.6) is 0 Å². The molecule has 0 radical (unpaired) electrons. The second-order valence-electron chi connectivity index (χ2n) is 10.1. The first kappa shape index (κ1) is 23.9. The molecule has 1 unspecified atom stereocenters. The summed E-state index contributed by atoms with van der Waals surface area (Å²) in [5, 5.41) is 13.8. The van der Waals surface area contributed by atoms with E-state index in [0.717, 1.165) is 40.9 Å². The molecule has 180 valence electrons. The maximum Gasteiger partial charge on any atom is 0.252 e. The van der Waals surface area contributed by atoms with E-state index in [4.69, 9.17) is 4.42 Å².